The molecule has 0 aromatic rings. The molecule has 8 atom stereocenters. The third-order valence-electron chi connectivity index (χ3n) is 14.3. The van der Waals surface area contributed by atoms with Gasteiger partial charge in [0.05, 0.1) is 26.4 Å². The van der Waals surface area contributed by atoms with Gasteiger partial charge in [-0.05, 0) is 114 Å². The van der Waals surface area contributed by atoms with Crippen LogP contribution in [-0.4, -0.2) is 73.0 Å². The summed E-state index contributed by atoms with van der Waals surface area (Å²) >= 11 is 0. The maximum atomic E-state index is 11.5. The quantitative estimate of drug-likeness (QED) is 0.131. The Hall–Kier alpha value is -1.94. The molecule has 6 fully saturated rings. The maximum absolute atomic E-state index is 11.5. The van der Waals surface area contributed by atoms with Crippen LogP contribution >= 0.6 is 0 Å². The lowest BCUT2D eigenvalue weighted by Gasteiger charge is -2.31. The van der Waals surface area contributed by atoms with Crippen molar-refractivity contribution in [3.05, 3.63) is 48.6 Å². The molecule has 2 saturated heterocycles. The number of aliphatic hydroxyl groups is 2. The molecule has 2 N–H and O–H groups in total. The first-order valence-electron chi connectivity index (χ1n) is 24.7. The molecule has 4 aliphatic carbocycles. The first kappa shape index (κ1) is 52.4. The van der Waals surface area contributed by atoms with E-state index in [-0.39, 0.29) is 30.7 Å². The molecule has 4 saturated carbocycles. The van der Waals surface area contributed by atoms with Gasteiger partial charge >= 0.3 is 0 Å². The van der Waals surface area contributed by atoms with Crippen LogP contribution in [0.2, 0.25) is 0 Å². The highest BCUT2D eigenvalue weighted by Gasteiger charge is 2.52. The molecule has 2 heterocycles. The van der Waals surface area contributed by atoms with E-state index < -0.39 is 0 Å². The lowest BCUT2D eigenvalue weighted by atomic mass is 9.87. The first-order chi connectivity index (χ1) is 29.2. The Morgan fingerprint density at radius 3 is 1.27 bits per heavy atom. The van der Waals surface area contributed by atoms with E-state index in [4.69, 9.17) is 29.2 Å². The minimum atomic E-state index is -0.335. The Labute approximate surface area is 366 Å². The number of ketones is 2. The maximum Gasteiger partial charge on any atom is 0.171 e. The van der Waals surface area contributed by atoms with Crippen LogP contribution in [0.1, 0.15) is 170 Å². The van der Waals surface area contributed by atoms with Crippen molar-refractivity contribution in [2.75, 3.05) is 39.6 Å². The minimum absolute atomic E-state index is 0.185. The monoisotopic (exact) mass is 841 g/mol. The molecule has 0 unspecified atom stereocenters. The zero-order valence-corrected chi connectivity index (χ0v) is 39.0. The van der Waals surface area contributed by atoms with Crippen molar-refractivity contribution in [3.63, 3.8) is 0 Å². The summed E-state index contributed by atoms with van der Waals surface area (Å²) in [4.78, 5) is 23.0. The molecule has 60 heavy (non-hydrogen) atoms. The van der Waals surface area contributed by atoms with E-state index in [1.54, 1.807) is 0 Å². The van der Waals surface area contributed by atoms with Gasteiger partial charge in [0.15, 0.2) is 11.6 Å². The van der Waals surface area contributed by atoms with Crippen molar-refractivity contribution < 1.29 is 38.7 Å². The molecule has 0 amide bonds. The van der Waals surface area contributed by atoms with Gasteiger partial charge in [-0.3, -0.25) is 9.59 Å². The van der Waals surface area contributed by atoms with Crippen LogP contribution in [0.4, 0.5) is 0 Å². The second kappa shape index (κ2) is 29.4. The van der Waals surface area contributed by atoms with Crippen molar-refractivity contribution in [1.82, 2.24) is 0 Å². The highest BCUT2D eigenvalue weighted by Crippen LogP contribution is 2.50. The van der Waals surface area contributed by atoms with E-state index in [0.717, 1.165) is 148 Å². The van der Waals surface area contributed by atoms with Crippen molar-refractivity contribution in [1.29, 1.82) is 0 Å². The molecule has 0 aromatic carbocycles. The average molecular weight is 841 g/mol. The predicted octanol–water partition coefficient (Wildman–Crippen LogP) is 11.7. The minimum Gasteiger partial charge on any atom is -0.396 e. The number of hydrogen-bond acceptors (Lipinski definition) is 8. The van der Waals surface area contributed by atoms with Gasteiger partial charge in [0.2, 0.25) is 0 Å². The van der Waals surface area contributed by atoms with Crippen LogP contribution in [0.5, 0.6) is 0 Å². The van der Waals surface area contributed by atoms with Crippen LogP contribution < -0.4 is 0 Å². The third-order valence-corrected chi connectivity index (χ3v) is 14.3. The third kappa shape index (κ3) is 15.7. The molecule has 0 radical (unpaired) electrons. The molecule has 6 rings (SSSR count). The van der Waals surface area contributed by atoms with E-state index in [1.165, 1.54) is 12.8 Å². The van der Waals surface area contributed by atoms with Gasteiger partial charge in [-0.1, -0.05) is 103 Å². The molecule has 6 aliphatic rings. The lowest BCUT2D eigenvalue weighted by Crippen LogP contribution is -2.36. The van der Waals surface area contributed by atoms with E-state index in [9.17, 15) is 9.59 Å². The zero-order valence-electron chi connectivity index (χ0n) is 39.0. The number of rotatable bonds is 18. The highest BCUT2D eigenvalue weighted by molar-refractivity contribution is 5.84. The second-order valence-electron chi connectivity index (χ2n) is 17.9. The predicted molar refractivity (Wildman–Crippen MR) is 244 cm³/mol. The SMILES string of the molecule is CC/C=C\C[C@@H]1[C@@H](CC)CCC12OCCO2.CC/C=C\C[C@@H]1[C@@H](CCO)CCC12OCCO2.CC/C=C\C[C@H]1C(=O)CC[C@@H]1CC.CC/C=C\C[C@H]1C(=O)CC[C@@H]1CCO. The summed E-state index contributed by atoms with van der Waals surface area (Å²) in [6.07, 6.45) is 38.1. The normalized spacial score (nSPS) is 30.6. The van der Waals surface area contributed by atoms with E-state index in [2.05, 4.69) is 90.2 Å². The van der Waals surface area contributed by atoms with Crippen LogP contribution in [0.3, 0.4) is 0 Å². The van der Waals surface area contributed by atoms with Gasteiger partial charge in [-0.2, -0.15) is 0 Å². The molecule has 2 spiro atoms. The van der Waals surface area contributed by atoms with Gasteiger partial charge in [0.25, 0.3) is 0 Å². The number of hydrogen-bond donors (Lipinski definition) is 2. The molecule has 8 heteroatoms. The lowest BCUT2D eigenvalue weighted by molar-refractivity contribution is -0.185. The van der Waals surface area contributed by atoms with E-state index in [1.807, 2.05) is 0 Å². The number of Topliss-reactive ketones (excluding diaryl/α,β-unsaturated/α-hetero) is 2. The van der Waals surface area contributed by atoms with Crippen LogP contribution in [0.15, 0.2) is 48.6 Å². The fourth-order valence-electron chi connectivity index (χ4n) is 10.9. The van der Waals surface area contributed by atoms with Crippen molar-refractivity contribution >= 4 is 11.6 Å². The fourth-order valence-corrected chi connectivity index (χ4v) is 10.9. The molecular weight excluding hydrogens is 753 g/mol. The van der Waals surface area contributed by atoms with Crippen LogP contribution in [0.25, 0.3) is 0 Å². The van der Waals surface area contributed by atoms with Crippen LogP contribution in [-0.2, 0) is 28.5 Å². The average Bonchev–Trinajstić information content (AvgIpc) is 4.14. The molecule has 0 aromatic heterocycles. The van der Waals surface area contributed by atoms with Gasteiger partial charge in [0, 0.05) is 62.6 Å². The summed E-state index contributed by atoms with van der Waals surface area (Å²) in [6, 6.07) is 0. The van der Waals surface area contributed by atoms with E-state index in [0.29, 0.717) is 47.1 Å². The van der Waals surface area contributed by atoms with Crippen LogP contribution in [0, 0.1) is 47.3 Å². The summed E-state index contributed by atoms with van der Waals surface area (Å²) in [5.74, 6) is 4.25. The van der Waals surface area contributed by atoms with Gasteiger partial charge < -0.3 is 29.2 Å². The summed E-state index contributed by atoms with van der Waals surface area (Å²) in [7, 11) is 0. The zero-order chi connectivity index (χ0) is 43.6. The molecule has 2 aliphatic heterocycles. The number of carbonyl (C=O) groups excluding carboxylic acids is 2. The molecule has 0 bridgehead atoms. The molecular formula is C52H88O8. The molecule has 344 valence electrons. The van der Waals surface area contributed by atoms with Gasteiger partial charge in [0.1, 0.15) is 11.6 Å². The van der Waals surface area contributed by atoms with Crippen molar-refractivity contribution in [2.45, 2.75) is 182 Å². The smallest absolute Gasteiger partial charge is 0.171 e. The number of aliphatic hydroxyl groups excluding tert-OH is 2. The largest absolute Gasteiger partial charge is 0.396 e. The Bertz CT molecular complexity index is 1290. The van der Waals surface area contributed by atoms with Crippen molar-refractivity contribution in [3.8, 4) is 0 Å². The van der Waals surface area contributed by atoms with E-state index >= 15 is 0 Å². The van der Waals surface area contributed by atoms with Gasteiger partial charge in [-0.25, -0.2) is 0 Å². The highest BCUT2D eigenvalue weighted by atomic mass is 16.7. The number of ether oxygens (including phenoxy) is 4. The number of allylic oxidation sites excluding steroid dienone is 8. The fraction of sp³-hybridized carbons (Fsp3) is 0.808. The summed E-state index contributed by atoms with van der Waals surface area (Å²) < 4.78 is 23.6. The Morgan fingerprint density at radius 2 is 0.850 bits per heavy atom. The number of carbonyl (C=O) groups is 2. The van der Waals surface area contributed by atoms with Gasteiger partial charge in [-0.15, -0.1) is 0 Å². The first-order valence-corrected chi connectivity index (χ1v) is 24.7. The Kier molecular flexibility index (Phi) is 25.7. The summed E-state index contributed by atoms with van der Waals surface area (Å²) in [6.45, 7) is 16.5. The summed E-state index contributed by atoms with van der Waals surface area (Å²) in [5, 5.41) is 18.0. The summed E-state index contributed by atoms with van der Waals surface area (Å²) in [5.41, 5.74) is 0. The Morgan fingerprint density at radius 1 is 0.483 bits per heavy atom. The Balaban J connectivity index is 0.000000215. The molecule has 8 nitrogen and oxygen atoms in total. The topological polar surface area (TPSA) is 112 Å². The standard InChI is InChI=1S/C14H24O3.C14H24O2.C12H20O2.C12H20O/c1-2-3-4-5-13-12(7-9-15)6-8-14(13)16-10-11-17-14;1-3-5-6-7-13-12(4-2)8-9-14(13)15-10-11-16-14;1-2-3-4-5-11-10(8-9-13)6-7-12(11)14;1-3-5-6-7-11-10(4-2)8-9-12(11)13/h3-4,12-13,15H,2,5-11H2,1H3;5-6,12-13H,3-4,7-11H2,1-2H3;3-4,10-11,13H,2,5-9H2,1H3;5-6,10-11H,3-4,7-9H2,1-2H3/b4-3-;6-5-;4-3-;6-5-/t12-,13-;12-,13+;10-,11-;10-,11+/m1010/s1. The van der Waals surface area contributed by atoms with Crippen molar-refractivity contribution in [2.24, 2.45) is 47.3 Å². The second-order valence-corrected chi connectivity index (χ2v) is 17.9.